The summed E-state index contributed by atoms with van der Waals surface area (Å²) >= 11 is 8.25. The Bertz CT molecular complexity index is 291. The first kappa shape index (κ1) is 10.3. The molecule has 0 aliphatic rings. The van der Waals surface area contributed by atoms with Crippen LogP contribution in [0.2, 0.25) is 5.02 Å². The first-order valence-electron chi connectivity index (χ1n) is 3.65. The van der Waals surface area contributed by atoms with E-state index in [2.05, 4.69) is 22.6 Å². The molecule has 0 saturated heterocycles. The molecule has 2 N–H and O–H groups in total. The summed E-state index contributed by atoms with van der Waals surface area (Å²) in [6.45, 7) is 3.90. The molecule has 0 bridgehead atoms. The number of rotatable bonds is 1. The van der Waals surface area contributed by atoms with Gasteiger partial charge in [0.25, 0.3) is 0 Å². The van der Waals surface area contributed by atoms with Gasteiger partial charge in [-0.15, -0.1) is 0 Å². The number of hydrogen-bond acceptors (Lipinski definition) is 1. The van der Waals surface area contributed by atoms with Crippen LogP contribution in [-0.2, 0) is 5.54 Å². The average Bonchev–Trinajstić information content (AvgIpc) is 1.92. The van der Waals surface area contributed by atoms with Gasteiger partial charge in [-0.25, -0.2) is 0 Å². The van der Waals surface area contributed by atoms with Crippen molar-refractivity contribution in [3.8, 4) is 0 Å². The lowest BCUT2D eigenvalue weighted by Crippen LogP contribution is -2.29. The molecule has 3 heteroatoms. The van der Waals surface area contributed by atoms with Gasteiger partial charge in [-0.2, -0.15) is 0 Å². The van der Waals surface area contributed by atoms with Crippen LogP contribution in [0, 0.1) is 3.57 Å². The Morgan fingerprint density at radius 2 is 2.00 bits per heavy atom. The van der Waals surface area contributed by atoms with Gasteiger partial charge >= 0.3 is 0 Å². The zero-order chi connectivity index (χ0) is 9.35. The molecule has 66 valence electrons. The lowest BCUT2D eigenvalue weighted by atomic mass is 9.96. The molecular weight excluding hydrogens is 284 g/mol. The molecule has 1 aromatic carbocycles. The van der Waals surface area contributed by atoms with Gasteiger partial charge in [0.1, 0.15) is 0 Å². The van der Waals surface area contributed by atoms with Gasteiger partial charge in [0, 0.05) is 14.1 Å². The van der Waals surface area contributed by atoms with Crippen molar-refractivity contribution in [2.75, 3.05) is 0 Å². The van der Waals surface area contributed by atoms with Crippen molar-refractivity contribution in [1.82, 2.24) is 0 Å². The van der Waals surface area contributed by atoms with E-state index in [4.69, 9.17) is 17.3 Å². The fourth-order valence-electron chi connectivity index (χ4n) is 0.991. The average molecular weight is 296 g/mol. The molecule has 12 heavy (non-hydrogen) atoms. The Hall–Kier alpha value is 0.200. The molecule has 0 amide bonds. The number of nitrogens with two attached hydrogens (primary N) is 1. The smallest absolute Gasteiger partial charge is 0.0457 e. The SMILES string of the molecule is CC(C)(N)c1cc(I)ccc1Cl. The Labute approximate surface area is 91.4 Å². The first-order chi connectivity index (χ1) is 5.41. The second kappa shape index (κ2) is 3.52. The molecule has 0 fully saturated rings. The highest BCUT2D eigenvalue weighted by atomic mass is 127. The quantitative estimate of drug-likeness (QED) is 0.792. The van der Waals surface area contributed by atoms with Gasteiger partial charge in [-0.05, 0) is 60.2 Å². The van der Waals surface area contributed by atoms with E-state index in [-0.39, 0.29) is 5.54 Å². The monoisotopic (exact) mass is 295 g/mol. The lowest BCUT2D eigenvalue weighted by Gasteiger charge is -2.20. The van der Waals surface area contributed by atoms with Crippen LogP contribution in [0.25, 0.3) is 0 Å². The molecule has 0 heterocycles. The molecular formula is C9H11ClIN. The Morgan fingerprint density at radius 1 is 1.42 bits per heavy atom. The van der Waals surface area contributed by atoms with E-state index >= 15 is 0 Å². The highest BCUT2D eigenvalue weighted by Crippen LogP contribution is 2.27. The molecule has 0 radical (unpaired) electrons. The van der Waals surface area contributed by atoms with E-state index in [1.165, 1.54) is 0 Å². The zero-order valence-corrected chi connectivity index (χ0v) is 9.98. The Morgan fingerprint density at radius 3 is 2.42 bits per heavy atom. The maximum atomic E-state index is 6.00. The summed E-state index contributed by atoms with van der Waals surface area (Å²) < 4.78 is 1.16. The molecule has 1 aromatic rings. The standard InChI is InChI=1S/C9H11ClIN/c1-9(2,12)7-5-6(11)3-4-8(7)10/h3-5H,12H2,1-2H3. The highest BCUT2D eigenvalue weighted by Gasteiger charge is 2.17. The molecule has 0 atom stereocenters. The van der Waals surface area contributed by atoms with E-state index in [9.17, 15) is 0 Å². The largest absolute Gasteiger partial charge is 0.322 e. The molecule has 0 aliphatic carbocycles. The maximum Gasteiger partial charge on any atom is 0.0457 e. The fourth-order valence-corrected chi connectivity index (χ4v) is 1.84. The Kier molecular flexibility index (Phi) is 3.01. The van der Waals surface area contributed by atoms with E-state index < -0.39 is 0 Å². The van der Waals surface area contributed by atoms with E-state index in [0.29, 0.717) is 0 Å². The van der Waals surface area contributed by atoms with Gasteiger partial charge in [0.05, 0.1) is 0 Å². The van der Waals surface area contributed by atoms with Crippen molar-refractivity contribution in [2.24, 2.45) is 5.73 Å². The molecule has 0 aliphatic heterocycles. The van der Waals surface area contributed by atoms with E-state index in [1.54, 1.807) is 0 Å². The number of benzene rings is 1. The third-order valence-corrected chi connectivity index (χ3v) is 2.62. The highest BCUT2D eigenvalue weighted by molar-refractivity contribution is 14.1. The molecule has 0 unspecified atom stereocenters. The topological polar surface area (TPSA) is 26.0 Å². The Balaban J connectivity index is 3.23. The second-order valence-electron chi connectivity index (χ2n) is 3.35. The summed E-state index contributed by atoms with van der Waals surface area (Å²) in [4.78, 5) is 0. The summed E-state index contributed by atoms with van der Waals surface area (Å²) in [5.41, 5.74) is 6.57. The summed E-state index contributed by atoms with van der Waals surface area (Å²) in [6, 6.07) is 5.87. The van der Waals surface area contributed by atoms with Crippen molar-refractivity contribution in [1.29, 1.82) is 0 Å². The van der Waals surface area contributed by atoms with Crippen LogP contribution in [0.5, 0.6) is 0 Å². The minimum absolute atomic E-state index is 0.363. The minimum atomic E-state index is -0.363. The maximum absolute atomic E-state index is 6.00. The first-order valence-corrected chi connectivity index (χ1v) is 5.11. The summed E-state index contributed by atoms with van der Waals surface area (Å²) in [5.74, 6) is 0. The van der Waals surface area contributed by atoms with Crippen LogP contribution in [0.3, 0.4) is 0 Å². The number of halogens is 2. The predicted octanol–water partition coefficient (Wildman–Crippen LogP) is 3.14. The normalized spacial score (nSPS) is 11.8. The predicted molar refractivity (Wildman–Crippen MR) is 61.4 cm³/mol. The zero-order valence-electron chi connectivity index (χ0n) is 7.07. The number of hydrogen-bond donors (Lipinski definition) is 1. The third-order valence-electron chi connectivity index (χ3n) is 1.62. The van der Waals surface area contributed by atoms with Crippen molar-refractivity contribution in [3.63, 3.8) is 0 Å². The third kappa shape index (κ3) is 2.34. The van der Waals surface area contributed by atoms with E-state index in [0.717, 1.165) is 14.2 Å². The van der Waals surface area contributed by atoms with Gasteiger partial charge in [-0.1, -0.05) is 11.6 Å². The van der Waals surface area contributed by atoms with Crippen molar-refractivity contribution >= 4 is 34.2 Å². The van der Waals surface area contributed by atoms with Crippen LogP contribution in [0.15, 0.2) is 18.2 Å². The minimum Gasteiger partial charge on any atom is -0.322 e. The van der Waals surface area contributed by atoms with Crippen LogP contribution in [0.4, 0.5) is 0 Å². The molecule has 1 nitrogen and oxygen atoms in total. The van der Waals surface area contributed by atoms with E-state index in [1.807, 2.05) is 32.0 Å². The van der Waals surface area contributed by atoms with Gasteiger partial charge in [0.2, 0.25) is 0 Å². The van der Waals surface area contributed by atoms with Crippen LogP contribution < -0.4 is 5.73 Å². The lowest BCUT2D eigenvalue weighted by molar-refractivity contribution is 0.554. The molecule has 0 saturated carbocycles. The molecule has 0 spiro atoms. The fraction of sp³-hybridized carbons (Fsp3) is 0.333. The van der Waals surface area contributed by atoms with Crippen LogP contribution in [0.1, 0.15) is 19.4 Å². The van der Waals surface area contributed by atoms with Crippen molar-refractivity contribution in [2.45, 2.75) is 19.4 Å². The summed E-state index contributed by atoms with van der Waals surface area (Å²) in [5, 5.41) is 0.739. The van der Waals surface area contributed by atoms with Crippen molar-refractivity contribution in [3.05, 3.63) is 32.4 Å². The summed E-state index contributed by atoms with van der Waals surface area (Å²) in [7, 11) is 0. The van der Waals surface area contributed by atoms with Gasteiger partial charge in [0.15, 0.2) is 0 Å². The van der Waals surface area contributed by atoms with Crippen LogP contribution in [-0.4, -0.2) is 0 Å². The van der Waals surface area contributed by atoms with Gasteiger partial charge < -0.3 is 5.73 Å². The molecule has 1 rings (SSSR count). The molecule has 0 aromatic heterocycles. The van der Waals surface area contributed by atoms with Crippen molar-refractivity contribution < 1.29 is 0 Å². The second-order valence-corrected chi connectivity index (χ2v) is 5.00. The van der Waals surface area contributed by atoms with Crippen LogP contribution >= 0.6 is 34.2 Å². The van der Waals surface area contributed by atoms with Gasteiger partial charge in [-0.3, -0.25) is 0 Å². The summed E-state index contributed by atoms with van der Waals surface area (Å²) in [6.07, 6.45) is 0.